The standard InChI is InChI=1S/C19H24N2O3.C8H14N2O4/c1-20-18-7-4-6-16(21-18)13-14-24-17-11-9-15(10-12-17)5-3-8-19(22)23-2;1-5(2)13-7(11)9-10-8(12)14-6(3)4/h4,6-7,9-12H,3,5,8,13-14H2,1-2H3,(H,20,21);5-6H,1-4H3. The molecule has 2 aromatic rings. The molecule has 0 saturated carbocycles. The van der Waals surface area contributed by atoms with Crippen LogP contribution in [0.15, 0.2) is 52.7 Å². The summed E-state index contributed by atoms with van der Waals surface area (Å²) in [6, 6.07) is 13.9. The largest absolute Gasteiger partial charge is 0.493 e. The lowest BCUT2D eigenvalue weighted by atomic mass is 10.1. The molecule has 11 nitrogen and oxygen atoms in total. The predicted octanol–water partition coefficient (Wildman–Crippen LogP) is 5.77. The van der Waals surface area contributed by atoms with Crippen LogP contribution in [0.25, 0.3) is 0 Å². The number of pyridine rings is 1. The Kier molecular flexibility index (Phi) is 15.4. The molecule has 1 N–H and O–H groups in total. The summed E-state index contributed by atoms with van der Waals surface area (Å²) in [5.74, 6) is 1.55. The van der Waals surface area contributed by atoms with E-state index in [2.05, 4.69) is 34.7 Å². The first kappa shape index (κ1) is 32.0. The maximum Gasteiger partial charge on any atom is 0.452 e. The highest BCUT2D eigenvalue weighted by molar-refractivity contribution is 5.73. The van der Waals surface area contributed by atoms with Gasteiger partial charge in [-0.2, -0.15) is 0 Å². The number of nitrogens with zero attached hydrogens (tertiary/aromatic N) is 3. The second-order valence-corrected chi connectivity index (χ2v) is 8.50. The number of rotatable bonds is 11. The van der Waals surface area contributed by atoms with Gasteiger partial charge in [-0.05, 0) is 70.4 Å². The molecule has 2 rings (SSSR count). The van der Waals surface area contributed by atoms with Gasteiger partial charge in [0.15, 0.2) is 0 Å². The highest BCUT2D eigenvalue weighted by Gasteiger charge is 2.07. The normalized spacial score (nSPS) is 10.5. The van der Waals surface area contributed by atoms with E-state index in [0.717, 1.165) is 36.5 Å². The Morgan fingerprint density at radius 1 is 0.895 bits per heavy atom. The van der Waals surface area contributed by atoms with Gasteiger partial charge >= 0.3 is 18.2 Å². The third-order valence-corrected chi connectivity index (χ3v) is 4.57. The summed E-state index contributed by atoms with van der Waals surface area (Å²) >= 11 is 0. The minimum atomic E-state index is -0.902. The van der Waals surface area contributed by atoms with Crippen LogP contribution in [0.5, 0.6) is 5.75 Å². The number of azo groups is 1. The van der Waals surface area contributed by atoms with Crippen LogP contribution in [-0.4, -0.2) is 56.1 Å². The van der Waals surface area contributed by atoms with E-state index in [-0.39, 0.29) is 18.2 Å². The van der Waals surface area contributed by atoms with Crippen LogP contribution >= 0.6 is 0 Å². The van der Waals surface area contributed by atoms with E-state index in [1.54, 1.807) is 27.7 Å². The van der Waals surface area contributed by atoms with E-state index >= 15 is 0 Å². The summed E-state index contributed by atoms with van der Waals surface area (Å²) in [6.45, 7) is 7.25. The fraction of sp³-hybridized carbons (Fsp3) is 0.481. The average Bonchev–Trinajstić information content (AvgIpc) is 2.88. The Bertz CT molecular complexity index is 1000. The number of aryl methyl sites for hydroxylation is 1. The Balaban J connectivity index is 0.000000442. The van der Waals surface area contributed by atoms with Gasteiger partial charge < -0.3 is 24.3 Å². The smallest absolute Gasteiger partial charge is 0.452 e. The first-order valence-electron chi connectivity index (χ1n) is 12.4. The zero-order chi connectivity index (χ0) is 28.3. The van der Waals surface area contributed by atoms with Crippen molar-refractivity contribution in [1.82, 2.24) is 4.98 Å². The van der Waals surface area contributed by atoms with Crippen molar-refractivity contribution in [2.45, 2.75) is 65.6 Å². The number of nitrogens with one attached hydrogen (secondary N) is 1. The Morgan fingerprint density at radius 3 is 2.03 bits per heavy atom. The topological polar surface area (TPSA) is 138 Å². The highest BCUT2D eigenvalue weighted by atomic mass is 16.6. The molecule has 38 heavy (non-hydrogen) atoms. The maximum absolute atomic E-state index is 11.1. The SMILES string of the molecule is CC(C)OC(=O)N=NC(=O)OC(C)C.CNc1cccc(CCOc2ccc(CCCC(=O)OC)cc2)n1. The van der Waals surface area contributed by atoms with Gasteiger partial charge in [-0.15, -0.1) is 0 Å². The molecular formula is C27H38N4O7. The Labute approximate surface area is 223 Å². The van der Waals surface area contributed by atoms with Crippen molar-refractivity contribution in [2.75, 3.05) is 26.1 Å². The molecule has 208 valence electrons. The molecule has 0 bridgehead atoms. The van der Waals surface area contributed by atoms with Crippen molar-refractivity contribution in [3.63, 3.8) is 0 Å². The summed E-state index contributed by atoms with van der Waals surface area (Å²) < 4.78 is 19.6. The zero-order valence-corrected chi connectivity index (χ0v) is 22.9. The average molecular weight is 531 g/mol. The first-order chi connectivity index (χ1) is 18.1. The number of amides is 2. The molecule has 2 amide bonds. The molecule has 0 aliphatic rings. The number of benzene rings is 1. The predicted molar refractivity (Wildman–Crippen MR) is 142 cm³/mol. The van der Waals surface area contributed by atoms with E-state index in [0.29, 0.717) is 13.0 Å². The summed E-state index contributed by atoms with van der Waals surface area (Å²) in [4.78, 5) is 37.0. The van der Waals surface area contributed by atoms with Crippen molar-refractivity contribution < 1.29 is 33.3 Å². The fourth-order valence-corrected chi connectivity index (χ4v) is 2.85. The molecule has 0 saturated heterocycles. The number of carbonyl (C=O) groups excluding carboxylic acids is 3. The maximum atomic E-state index is 11.1. The summed E-state index contributed by atoms with van der Waals surface area (Å²) in [7, 11) is 3.27. The minimum Gasteiger partial charge on any atom is -0.493 e. The molecule has 1 aromatic carbocycles. The molecule has 0 fully saturated rings. The van der Waals surface area contributed by atoms with E-state index < -0.39 is 12.2 Å². The number of esters is 1. The molecule has 0 aliphatic carbocycles. The third kappa shape index (κ3) is 15.2. The lowest BCUT2D eigenvalue weighted by molar-refractivity contribution is -0.140. The van der Waals surface area contributed by atoms with Gasteiger partial charge in [0.2, 0.25) is 0 Å². The summed E-state index contributed by atoms with van der Waals surface area (Å²) in [5, 5.41) is 9.04. The van der Waals surface area contributed by atoms with Crippen LogP contribution in [0.2, 0.25) is 0 Å². The lowest BCUT2D eigenvalue weighted by Crippen LogP contribution is -2.09. The van der Waals surface area contributed by atoms with Crippen molar-refractivity contribution in [2.24, 2.45) is 10.2 Å². The van der Waals surface area contributed by atoms with Gasteiger partial charge in [0.25, 0.3) is 0 Å². The Hall–Kier alpha value is -4.02. The molecular weight excluding hydrogens is 492 g/mol. The first-order valence-corrected chi connectivity index (χ1v) is 12.4. The number of aromatic nitrogens is 1. The van der Waals surface area contributed by atoms with Gasteiger partial charge in [-0.1, -0.05) is 28.4 Å². The third-order valence-electron chi connectivity index (χ3n) is 4.57. The molecule has 1 heterocycles. The Morgan fingerprint density at radius 2 is 1.50 bits per heavy atom. The number of hydrogen-bond donors (Lipinski definition) is 1. The van der Waals surface area contributed by atoms with Gasteiger partial charge in [0, 0.05) is 25.6 Å². The van der Waals surface area contributed by atoms with Gasteiger partial charge in [0.05, 0.1) is 25.9 Å². The van der Waals surface area contributed by atoms with E-state index in [4.69, 9.17) is 4.74 Å². The van der Waals surface area contributed by atoms with Crippen molar-refractivity contribution in [1.29, 1.82) is 0 Å². The van der Waals surface area contributed by atoms with Gasteiger partial charge in [-0.25, -0.2) is 14.6 Å². The lowest BCUT2D eigenvalue weighted by Gasteiger charge is -2.08. The van der Waals surface area contributed by atoms with Crippen LogP contribution in [-0.2, 0) is 31.8 Å². The molecule has 0 unspecified atom stereocenters. The number of anilines is 1. The number of hydrogen-bond acceptors (Lipinski definition) is 9. The molecule has 11 heteroatoms. The van der Waals surface area contributed by atoms with Crippen LogP contribution in [0.4, 0.5) is 15.4 Å². The van der Waals surface area contributed by atoms with Crippen molar-refractivity contribution >= 4 is 24.0 Å². The molecule has 0 atom stereocenters. The van der Waals surface area contributed by atoms with Crippen LogP contribution in [0.3, 0.4) is 0 Å². The van der Waals surface area contributed by atoms with E-state index in [9.17, 15) is 14.4 Å². The highest BCUT2D eigenvalue weighted by Crippen LogP contribution is 2.15. The number of methoxy groups -OCH3 is 1. The number of carbonyl (C=O) groups is 3. The summed E-state index contributed by atoms with van der Waals surface area (Å²) in [6.07, 6.45) is 0.479. The molecule has 0 radical (unpaired) electrons. The fourth-order valence-electron chi connectivity index (χ4n) is 2.85. The monoisotopic (exact) mass is 530 g/mol. The van der Waals surface area contributed by atoms with Crippen LogP contribution < -0.4 is 10.1 Å². The quantitative estimate of drug-likeness (QED) is 0.218. The molecule has 0 aliphatic heterocycles. The second-order valence-electron chi connectivity index (χ2n) is 8.50. The van der Waals surface area contributed by atoms with E-state index in [1.165, 1.54) is 12.7 Å². The van der Waals surface area contributed by atoms with Crippen LogP contribution in [0.1, 0.15) is 51.8 Å². The van der Waals surface area contributed by atoms with E-state index in [1.807, 2.05) is 49.5 Å². The second kappa shape index (κ2) is 18.3. The summed E-state index contributed by atoms with van der Waals surface area (Å²) in [5.41, 5.74) is 2.19. The van der Waals surface area contributed by atoms with Gasteiger partial charge in [-0.3, -0.25) is 4.79 Å². The minimum absolute atomic E-state index is 0.161. The number of ether oxygens (including phenoxy) is 4. The van der Waals surface area contributed by atoms with Crippen molar-refractivity contribution in [3.05, 3.63) is 53.7 Å². The van der Waals surface area contributed by atoms with Crippen LogP contribution in [0, 0.1) is 0 Å². The van der Waals surface area contributed by atoms with Gasteiger partial charge in [0.1, 0.15) is 11.6 Å². The zero-order valence-electron chi connectivity index (χ0n) is 22.9. The molecule has 0 spiro atoms. The molecule has 1 aromatic heterocycles. The van der Waals surface area contributed by atoms with Crippen molar-refractivity contribution in [3.8, 4) is 5.75 Å².